The largest absolute Gasteiger partial charge is 0.327 e. The van der Waals surface area contributed by atoms with E-state index in [-0.39, 0.29) is 11.5 Å². The Hall–Kier alpha value is -1.00. The number of nitrogens with two attached hydrogens (primary N) is 1. The first-order valence-corrected chi connectivity index (χ1v) is 6.98. The van der Waals surface area contributed by atoms with Crippen molar-refractivity contribution in [3.8, 4) is 0 Å². The molecule has 2 N–H and O–H groups in total. The fraction of sp³-hybridized carbons (Fsp3) is 0.538. The van der Waals surface area contributed by atoms with E-state index in [0.29, 0.717) is 0 Å². The molecular formula is C13H17N3S. The monoisotopic (exact) mass is 247 g/mol. The quantitative estimate of drug-likeness (QED) is 0.843. The fourth-order valence-electron chi connectivity index (χ4n) is 2.65. The lowest BCUT2D eigenvalue weighted by Gasteiger charge is -2.37. The molecule has 2 unspecified atom stereocenters. The van der Waals surface area contributed by atoms with Gasteiger partial charge in [-0.05, 0) is 18.9 Å². The molecule has 2 heterocycles. The van der Waals surface area contributed by atoms with Crippen molar-refractivity contribution >= 4 is 21.6 Å². The smallest absolute Gasteiger partial charge is 0.101 e. The zero-order valence-corrected chi connectivity index (χ0v) is 10.8. The number of nitrogens with zero attached hydrogens (tertiary/aromatic N) is 2. The van der Waals surface area contributed by atoms with Gasteiger partial charge in [-0.25, -0.2) is 4.98 Å². The molecule has 0 bridgehead atoms. The van der Waals surface area contributed by atoms with Crippen molar-refractivity contribution in [2.45, 2.75) is 44.1 Å². The summed E-state index contributed by atoms with van der Waals surface area (Å²) in [5.74, 6) is 0. The summed E-state index contributed by atoms with van der Waals surface area (Å²) in [6, 6.07) is 2.28. The highest BCUT2D eigenvalue weighted by molar-refractivity contribution is 7.18. The van der Waals surface area contributed by atoms with Crippen LogP contribution >= 0.6 is 11.3 Å². The summed E-state index contributed by atoms with van der Waals surface area (Å²) in [6.45, 7) is 2.27. The lowest BCUT2D eigenvalue weighted by molar-refractivity contribution is 0.271. The first-order chi connectivity index (χ1) is 8.20. The van der Waals surface area contributed by atoms with Gasteiger partial charge in [0.2, 0.25) is 0 Å². The maximum atomic E-state index is 6.32. The summed E-state index contributed by atoms with van der Waals surface area (Å²) >= 11 is 1.78. The maximum absolute atomic E-state index is 6.32. The van der Waals surface area contributed by atoms with Crippen LogP contribution in [-0.4, -0.2) is 16.0 Å². The third-order valence-corrected chi connectivity index (χ3v) is 5.27. The van der Waals surface area contributed by atoms with E-state index in [0.717, 1.165) is 18.4 Å². The van der Waals surface area contributed by atoms with Crippen LogP contribution in [0.2, 0.25) is 0 Å². The molecule has 3 rings (SSSR count). The molecular weight excluding hydrogens is 230 g/mol. The molecule has 2 aromatic rings. The van der Waals surface area contributed by atoms with Crippen molar-refractivity contribution in [3.05, 3.63) is 23.5 Å². The lowest BCUT2D eigenvalue weighted by Crippen LogP contribution is -2.45. The maximum Gasteiger partial charge on any atom is 0.101 e. The second-order valence-corrected chi connectivity index (χ2v) is 6.16. The van der Waals surface area contributed by atoms with Crippen molar-refractivity contribution in [1.82, 2.24) is 9.97 Å². The molecule has 90 valence electrons. The zero-order valence-electron chi connectivity index (χ0n) is 10.0. The molecule has 0 spiro atoms. The van der Waals surface area contributed by atoms with Crippen LogP contribution in [0.4, 0.5) is 0 Å². The van der Waals surface area contributed by atoms with Crippen LogP contribution in [0, 0.1) is 0 Å². The first kappa shape index (κ1) is 11.1. The van der Waals surface area contributed by atoms with E-state index in [9.17, 15) is 0 Å². The third kappa shape index (κ3) is 1.76. The summed E-state index contributed by atoms with van der Waals surface area (Å²) < 4.78 is 1.22. The molecule has 1 fully saturated rings. The number of aromatic nitrogens is 2. The Balaban J connectivity index is 2.07. The van der Waals surface area contributed by atoms with Gasteiger partial charge in [0, 0.05) is 17.7 Å². The van der Waals surface area contributed by atoms with E-state index in [1.165, 1.54) is 22.5 Å². The molecule has 17 heavy (non-hydrogen) atoms. The highest BCUT2D eigenvalue weighted by atomic mass is 32.1. The van der Waals surface area contributed by atoms with Crippen molar-refractivity contribution in [3.63, 3.8) is 0 Å². The predicted octanol–water partition coefficient (Wildman–Crippen LogP) is 2.85. The summed E-state index contributed by atoms with van der Waals surface area (Å²) in [5, 5.41) is 1.19. The van der Waals surface area contributed by atoms with E-state index >= 15 is 0 Å². The van der Waals surface area contributed by atoms with E-state index in [1.807, 2.05) is 18.5 Å². The zero-order chi connectivity index (χ0) is 11.9. The molecule has 4 heteroatoms. The van der Waals surface area contributed by atoms with Crippen molar-refractivity contribution in [2.24, 2.45) is 5.73 Å². The van der Waals surface area contributed by atoms with Crippen molar-refractivity contribution in [1.29, 1.82) is 0 Å². The minimum atomic E-state index is 0.0575. The molecule has 2 atom stereocenters. The van der Waals surface area contributed by atoms with Gasteiger partial charge in [-0.1, -0.05) is 19.8 Å². The minimum absolute atomic E-state index is 0.0575. The Morgan fingerprint density at radius 1 is 1.47 bits per heavy atom. The molecule has 1 aliphatic carbocycles. The molecule has 0 saturated heterocycles. The molecule has 2 aromatic heterocycles. The number of hydrogen-bond donors (Lipinski definition) is 1. The Bertz CT molecular complexity index is 503. The fourth-order valence-corrected chi connectivity index (χ4v) is 3.82. The van der Waals surface area contributed by atoms with Crippen LogP contribution in [-0.2, 0) is 5.41 Å². The van der Waals surface area contributed by atoms with E-state index < -0.39 is 0 Å². The number of thiazole rings is 1. The molecule has 1 saturated carbocycles. The van der Waals surface area contributed by atoms with Gasteiger partial charge < -0.3 is 5.73 Å². The van der Waals surface area contributed by atoms with Gasteiger partial charge in [-0.15, -0.1) is 11.3 Å². The molecule has 0 radical (unpaired) electrons. The number of hydrogen-bond acceptors (Lipinski definition) is 4. The summed E-state index contributed by atoms with van der Waals surface area (Å²) in [5.41, 5.74) is 7.38. The van der Waals surface area contributed by atoms with E-state index in [2.05, 4.69) is 11.9 Å². The molecule has 0 amide bonds. The predicted molar refractivity (Wildman–Crippen MR) is 71.2 cm³/mol. The van der Waals surface area contributed by atoms with Crippen LogP contribution < -0.4 is 5.73 Å². The van der Waals surface area contributed by atoms with Crippen molar-refractivity contribution < 1.29 is 0 Å². The summed E-state index contributed by atoms with van der Waals surface area (Å²) in [6.07, 6.45) is 8.45. The van der Waals surface area contributed by atoms with Gasteiger partial charge in [0.05, 0.1) is 16.4 Å². The van der Waals surface area contributed by atoms with Gasteiger partial charge in [0.15, 0.2) is 0 Å². The van der Waals surface area contributed by atoms with E-state index in [1.54, 1.807) is 11.3 Å². The first-order valence-electron chi connectivity index (χ1n) is 6.17. The van der Waals surface area contributed by atoms with Crippen LogP contribution in [0.1, 0.15) is 37.6 Å². The Morgan fingerprint density at radius 2 is 2.35 bits per heavy atom. The number of fused-ring (bicyclic) bond motifs is 1. The standard InChI is InChI=1S/C13H17N3S/c1-13(6-3-2-4-11(13)14)12-16-9-8-15-7-5-10(9)17-12/h5,7-8,11H,2-4,6,14H2,1H3. The molecule has 0 aliphatic heterocycles. The SMILES string of the molecule is CC1(c2nc3cnccc3s2)CCCCC1N. The Morgan fingerprint density at radius 3 is 3.12 bits per heavy atom. The average Bonchev–Trinajstić information content (AvgIpc) is 2.77. The summed E-state index contributed by atoms with van der Waals surface area (Å²) in [7, 11) is 0. The third-order valence-electron chi connectivity index (χ3n) is 3.96. The van der Waals surface area contributed by atoms with Crippen LogP contribution in [0.15, 0.2) is 18.5 Å². The molecule has 0 aromatic carbocycles. The Kier molecular flexibility index (Phi) is 2.64. The highest BCUT2D eigenvalue weighted by Gasteiger charge is 2.38. The minimum Gasteiger partial charge on any atom is -0.327 e. The average molecular weight is 247 g/mol. The Labute approximate surface area is 105 Å². The van der Waals surface area contributed by atoms with Gasteiger partial charge >= 0.3 is 0 Å². The van der Waals surface area contributed by atoms with Gasteiger partial charge in [-0.3, -0.25) is 4.98 Å². The number of pyridine rings is 1. The molecule has 1 aliphatic rings. The topological polar surface area (TPSA) is 51.8 Å². The van der Waals surface area contributed by atoms with Crippen LogP contribution in [0.25, 0.3) is 10.2 Å². The van der Waals surface area contributed by atoms with Crippen LogP contribution in [0.3, 0.4) is 0 Å². The van der Waals surface area contributed by atoms with Gasteiger partial charge in [0.1, 0.15) is 5.01 Å². The second-order valence-electron chi connectivity index (χ2n) is 5.13. The lowest BCUT2D eigenvalue weighted by atomic mass is 9.72. The van der Waals surface area contributed by atoms with Gasteiger partial charge in [0.25, 0.3) is 0 Å². The second kappa shape index (κ2) is 4.03. The molecule has 3 nitrogen and oxygen atoms in total. The number of rotatable bonds is 1. The van der Waals surface area contributed by atoms with Gasteiger partial charge in [-0.2, -0.15) is 0 Å². The highest BCUT2D eigenvalue weighted by Crippen LogP contribution is 2.41. The van der Waals surface area contributed by atoms with Crippen molar-refractivity contribution in [2.75, 3.05) is 0 Å². The van der Waals surface area contributed by atoms with E-state index in [4.69, 9.17) is 10.7 Å². The summed E-state index contributed by atoms with van der Waals surface area (Å²) in [4.78, 5) is 8.86. The van der Waals surface area contributed by atoms with Crippen LogP contribution in [0.5, 0.6) is 0 Å². The normalized spacial score (nSPS) is 29.6.